The van der Waals surface area contributed by atoms with Gasteiger partial charge in [-0.1, -0.05) is 18.2 Å². The molecule has 1 unspecified atom stereocenters. The highest BCUT2D eigenvalue weighted by Gasteiger charge is 2.23. The number of hydrogen-bond acceptors (Lipinski definition) is 2. The first-order valence-corrected chi connectivity index (χ1v) is 5.09. The number of nitrogens with one attached hydrogen (secondary N) is 1. The van der Waals surface area contributed by atoms with E-state index in [1.54, 1.807) is 20.2 Å². The summed E-state index contributed by atoms with van der Waals surface area (Å²) in [5, 5.41) is 11.5. The van der Waals surface area contributed by atoms with Crippen molar-refractivity contribution < 1.29 is 14.7 Å². The van der Waals surface area contributed by atoms with Crippen LogP contribution in [-0.4, -0.2) is 42.1 Å². The molecule has 5 nitrogen and oxygen atoms in total. The van der Waals surface area contributed by atoms with Crippen LogP contribution >= 0.6 is 0 Å². The van der Waals surface area contributed by atoms with Gasteiger partial charge in [-0.05, 0) is 18.4 Å². The third kappa shape index (κ3) is 3.12. The largest absolute Gasteiger partial charge is 0.479 e. The topological polar surface area (TPSA) is 69.6 Å². The summed E-state index contributed by atoms with van der Waals surface area (Å²) in [7, 11) is 3.14. The van der Waals surface area contributed by atoms with Crippen molar-refractivity contribution in [3.05, 3.63) is 23.8 Å². The van der Waals surface area contributed by atoms with Gasteiger partial charge in [0, 0.05) is 14.1 Å². The van der Waals surface area contributed by atoms with Crippen LogP contribution in [0.5, 0.6) is 0 Å². The minimum atomic E-state index is -1.05. The van der Waals surface area contributed by atoms with E-state index in [0.717, 1.165) is 12.8 Å². The molecule has 1 aliphatic rings. The van der Waals surface area contributed by atoms with Crippen LogP contribution in [0, 0.1) is 0 Å². The molecule has 2 amide bonds. The van der Waals surface area contributed by atoms with Crippen molar-refractivity contribution >= 4 is 12.0 Å². The number of hydrogen-bond donors (Lipinski definition) is 2. The Morgan fingerprint density at radius 1 is 1.44 bits per heavy atom. The molecule has 0 fully saturated rings. The summed E-state index contributed by atoms with van der Waals surface area (Å²) in [5.41, 5.74) is 0.633. The molecule has 0 saturated carbocycles. The number of carboxylic acid groups (broad SMARTS) is 1. The first kappa shape index (κ1) is 12.3. The maximum Gasteiger partial charge on any atom is 0.330 e. The highest BCUT2D eigenvalue weighted by molar-refractivity contribution is 5.85. The minimum Gasteiger partial charge on any atom is -0.479 e. The number of rotatable bonds is 3. The molecule has 0 aromatic rings. The Bertz CT molecular complexity index is 345. The van der Waals surface area contributed by atoms with Crippen molar-refractivity contribution in [1.82, 2.24) is 10.2 Å². The number of nitrogens with zero attached hydrogens (tertiary/aromatic N) is 1. The average Bonchev–Trinajstić information content (AvgIpc) is 2.26. The van der Waals surface area contributed by atoms with E-state index in [4.69, 9.17) is 5.11 Å². The number of allylic oxidation sites excluding steroid dienone is 2. The van der Waals surface area contributed by atoms with Crippen molar-refractivity contribution in [2.24, 2.45) is 0 Å². The molecular weight excluding hydrogens is 208 g/mol. The molecule has 2 N–H and O–H groups in total. The average molecular weight is 224 g/mol. The van der Waals surface area contributed by atoms with Gasteiger partial charge in [-0.2, -0.15) is 0 Å². The van der Waals surface area contributed by atoms with Gasteiger partial charge in [0.25, 0.3) is 0 Å². The molecule has 88 valence electrons. The van der Waals surface area contributed by atoms with Crippen molar-refractivity contribution in [3.8, 4) is 0 Å². The van der Waals surface area contributed by atoms with E-state index < -0.39 is 18.0 Å². The van der Waals surface area contributed by atoms with Crippen LogP contribution < -0.4 is 5.32 Å². The number of aliphatic carboxylic acids is 1. The van der Waals surface area contributed by atoms with Crippen LogP contribution in [0.3, 0.4) is 0 Å². The molecule has 0 heterocycles. The van der Waals surface area contributed by atoms with Crippen molar-refractivity contribution in [3.63, 3.8) is 0 Å². The number of amides is 2. The van der Waals surface area contributed by atoms with Crippen LogP contribution in [0.1, 0.15) is 12.8 Å². The summed E-state index contributed by atoms with van der Waals surface area (Å²) in [6.07, 6.45) is 7.23. The molecule has 1 aliphatic carbocycles. The number of carbonyl (C=O) groups is 2. The molecule has 1 atom stereocenters. The van der Waals surface area contributed by atoms with Gasteiger partial charge in [-0.3, -0.25) is 0 Å². The SMILES string of the molecule is CN(C)C(=O)NC(C(=O)O)C1=CCCC=C1. The maximum absolute atomic E-state index is 11.4. The monoisotopic (exact) mass is 224 g/mol. The molecule has 0 aromatic heterocycles. The predicted molar refractivity (Wildman–Crippen MR) is 60.1 cm³/mol. The lowest BCUT2D eigenvalue weighted by molar-refractivity contribution is -0.138. The van der Waals surface area contributed by atoms with E-state index in [0.29, 0.717) is 5.57 Å². The normalized spacial score (nSPS) is 16.2. The zero-order valence-corrected chi connectivity index (χ0v) is 9.43. The van der Waals surface area contributed by atoms with Crippen LogP contribution in [-0.2, 0) is 4.79 Å². The van der Waals surface area contributed by atoms with Gasteiger partial charge in [-0.25, -0.2) is 9.59 Å². The van der Waals surface area contributed by atoms with Crippen molar-refractivity contribution in [2.75, 3.05) is 14.1 Å². The van der Waals surface area contributed by atoms with Crippen molar-refractivity contribution in [2.45, 2.75) is 18.9 Å². The lowest BCUT2D eigenvalue weighted by atomic mass is 10.0. The summed E-state index contributed by atoms with van der Waals surface area (Å²) in [5.74, 6) is -1.05. The highest BCUT2D eigenvalue weighted by atomic mass is 16.4. The molecule has 0 aromatic carbocycles. The van der Waals surface area contributed by atoms with Crippen LogP contribution in [0.25, 0.3) is 0 Å². The number of carbonyl (C=O) groups excluding carboxylic acids is 1. The van der Waals surface area contributed by atoms with Gasteiger partial charge in [0.2, 0.25) is 0 Å². The molecule has 1 rings (SSSR count). The predicted octanol–water partition coefficient (Wildman–Crippen LogP) is 0.987. The van der Waals surface area contributed by atoms with Crippen LogP contribution in [0.2, 0.25) is 0 Å². The molecule has 0 saturated heterocycles. The molecule has 0 bridgehead atoms. The Kier molecular flexibility index (Phi) is 4.10. The molecule has 0 aliphatic heterocycles. The summed E-state index contributed by atoms with van der Waals surface area (Å²) < 4.78 is 0. The third-order valence-corrected chi connectivity index (χ3v) is 2.28. The number of carboxylic acids is 1. The summed E-state index contributed by atoms with van der Waals surface area (Å²) in [6.45, 7) is 0. The fourth-order valence-corrected chi connectivity index (χ4v) is 1.39. The smallest absolute Gasteiger partial charge is 0.330 e. The van der Waals surface area contributed by atoms with E-state index in [-0.39, 0.29) is 0 Å². The quantitative estimate of drug-likeness (QED) is 0.751. The van der Waals surface area contributed by atoms with Gasteiger partial charge in [-0.15, -0.1) is 0 Å². The van der Waals surface area contributed by atoms with E-state index in [9.17, 15) is 9.59 Å². The third-order valence-electron chi connectivity index (χ3n) is 2.28. The molecule has 16 heavy (non-hydrogen) atoms. The van der Waals surface area contributed by atoms with E-state index in [1.807, 2.05) is 12.2 Å². The molecule has 0 radical (unpaired) electrons. The Hall–Kier alpha value is -1.78. The summed E-state index contributed by atoms with van der Waals surface area (Å²) in [6, 6.07) is -1.38. The zero-order valence-electron chi connectivity index (χ0n) is 9.43. The summed E-state index contributed by atoms with van der Waals surface area (Å²) >= 11 is 0. The van der Waals surface area contributed by atoms with Gasteiger partial charge < -0.3 is 15.3 Å². The van der Waals surface area contributed by atoms with Crippen LogP contribution in [0.4, 0.5) is 4.79 Å². The van der Waals surface area contributed by atoms with E-state index in [1.165, 1.54) is 4.90 Å². The van der Waals surface area contributed by atoms with Gasteiger partial charge in [0.1, 0.15) is 0 Å². The first-order valence-electron chi connectivity index (χ1n) is 5.09. The minimum absolute atomic E-state index is 0.410. The summed E-state index contributed by atoms with van der Waals surface area (Å²) in [4.78, 5) is 23.8. The standard InChI is InChI=1S/C11H16N2O3/c1-13(2)11(16)12-9(10(14)15)8-6-4-3-5-7-8/h4,6-7,9H,3,5H2,1-2H3,(H,12,16)(H,14,15). The zero-order chi connectivity index (χ0) is 12.1. The van der Waals surface area contributed by atoms with Gasteiger partial charge in [0.05, 0.1) is 0 Å². The Balaban J connectivity index is 2.76. The first-order chi connectivity index (χ1) is 7.52. The van der Waals surface area contributed by atoms with E-state index >= 15 is 0 Å². The second-order valence-corrected chi connectivity index (χ2v) is 3.80. The lowest BCUT2D eigenvalue weighted by Crippen LogP contribution is -2.46. The second kappa shape index (κ2) is 5.34. The Labute approximate surface area is 94.4 Å². The van der Waals surface area contributed by atoms with Gasteiger partial charge in [0.15, 0.2) is 6.04 Å². The maximum atomic E-state index is 11.4. The fraction of sp³-hybridized carbons (Fsp3) is 0.455. The fourth-order valence-electron chi connectivity index (χ4n) is 1.39. The Morgan fingerprint density at radius 3 is 2.56 bits per heavy atom. The molecule has 0 spiro atoms. The Morgan fingerprint density at radius 2 is 2.12 bits per heavy atom. The lowest BCUT2D eigenvalue weighted by Gasteiger charge is -2.20. The highest BCUT2D eigenvalue weighted by Crippen LogP contribution is 2.13. The molecular formula is C11H16N2O3. The van der Waals surface area contributed by atoms with Crippen LogP contribution in [0.15, 0.2) is 23.8 Å². The molecule has 5 heteroatoms. The van der Waals surface area contributed by atoms with Crippen molar-refractivity contribution in [1.29, 1.82) is 0 Å². The number of urea groups is 1. The van der Waals surface area contributed by atoms with E-state index in [2.05, 4.69) is 5.32 Å². The second-order valence-electron chi connectivity index (χ2n) is 3.80. The van der Waals surface area contributed by atoms with Gasteiger partial charge >= 0.3 is 12.0 Å².